The van der Waals surface area contributed by atoms with Crippen LogP contribution in [0.25, 0.3) is 0 Å². The highest BCUT2D eigenvalue weighted by Crippen LogP contribution is 2.10. The monoisotopic (exact) mass is 185 g/mol. The average molecular weight is 185 g/mol. The zero-order valence-corrected chi connectivity index (χ0v) is 6.62. The third kappa shape index (κ3) is 2.24. The van der Waals surface area contributed by atoms with Gasteiger partial charge in [0.2, 0.25) is 0 Å². The number of nitrogens with one attached hydrogen (secondary N) is 1. The molecule has 0 saturated carbocycles. The minimum absolute atomic E-state index is 0.0802. The second-order valence-corrected chi connectivity index (χ2v) is 2.45. The number of aromatic carboxylic acids is 1. The van der Waals surface area contributed by atoms with E-state index in [2.05, 4.69) is 0 Å². The summed E-state index contributed by atoms with van der Waals surface area (Å²) in [7, 11) is 0. The molecule has 0 aromatic heterocycles. The lowest BCUT2D eigenvalue weighted by Gasteiger charge is -2.01. The van der Waals surface area contributed by atoms with Gasteiger partial charge in [0.1, 0.15) is 5.82 Å². The first-order chi connectivity index (χ1) is 6.15. The summed E-state index contributed by atoms with van der Waals surface area (Å²) in [6, 6.07) is 3.65. The summed E-state index contributed by atoms with van der Waals surface area (Å²) in [5.41, 5.74) is 1.95. The molecule has 0 spiro atoms. The number of hydrogen-bond donors (Lipinski definition) is 3. The van der Waals surface area contributed by atoms with E-state index in [1.165, 1.54) is 6.07 Å². The number of carboxylic acids is 1. The highest BCUT2D eigenvalue weighted by molar-refractivity contribution is 5.87. The van der Waals surface area contributed by atoms with Crippen molar-refractivity contribution in [1.29, 1.82) is 0 Å². The normalized spacial score (nSPS) is 10.0. The molecule has 0 fully saturated rings. The quantitative estimate of drug-likeness (QED) is 0.614. The number of hydroxylamine groups is 1. The van der Waals surface area contributed by atoms with Crippen LogP contribution >= 0.6 is 0 Å². The van der Waals surface area contributed by atoms with Crippen LogP contribution in [0.4, 0.5) is 4.39 Å². The molecule has 70 valence electrons. The van der Waals surface area contributed by atoms with Crippen LogP contribution in [0.2, 0.25) is 0 Å². The maximum absolute atomic E-state index is 12.9. The van der Waals surface area contributed by atoms with E-state index in [-0.39, 0.29) is 12.1 Å². The van der Waals surface area contributed by atoms with Crippen molar-refractivity contribution < 1.29 is 19.5 Å². The third-order valence-corrected chi connectivity index (χ3v) is 1.55. The Bertz CT molecular complexity index is 327. The number of hydrogen-bond acceptors (Lipinski definition) is 3. The molecule has 1 aromatic rings. The maximum Gasteiger partial charge on any atom is 0.338 e. The summed E-state index contributed by atoms with van der Waals surface area (Å²) < 4.78 is 12.9. The van der Waals surface area contributed by atoms with E-state index < -0.39 is 11.8 Å². The van der Waals surface area contributed by atoms with Gasteiger partial charge in [0.05, 0.1) is 5.56 Å². The molecule has 13 heavy (non-hydrogen) atoms. The predicted octanol–water partition coefficient (Wildman–Crippen LogP) is 1.00. The minimum atomic E-state index is -1.30. The zero-order valence-electron chi connectivity index (χ0n) is 6.62. The Hall–Kier alpha value is -1.46. The van der Waals surface area contributed by atoms with Crippen molar-refractivity contribution in [2.75, 3.05) is 0 Å². The van der Waals surface area contributed by atoms with Crippen LogP contribution in [0.3, 0.4) is 0 Å². The lowest BCUT2D eigenvalue weighted by atomic mass is 10.1. The number of rotatable bonds is 3. The zero-order chi connectivity index (χ0) is 9.84. The molecule has 0 heterocycles. The van der Waals surface area contributed by atoms with Gasteiger partial charge in [-0.3, -0.25) is 0 Å². The summed E-state index contributed by atoms with van der Waals surface area (Å²) >= 11 is 0. The summed E-state index contributed by atoms with van der Waals surface area (Å²) in [6.45, 7) is 0.0802. The molecule has 0 aliphatic rings. The molecular weight excluding hydrogens is 177 g/mol. The maximum atomic E-state index is 12.9. The Morgan fingerprint density at radius 2 is 2.23 bits per heavy atom. The molecule has 0 radical (unpaired) electrons. The van der Waals surface area contributed by atoms with Crippen molar-refractivity contribution in [3.05, 3.63) is 35.1 Å². The fourth-order valence-corrected chi connectivity index (χ4v) is 0.933. The first-order valence-corrected chi connectivity index (χ1v) is 3.54. The van der Waals surface area contributed by atoms with Gasteiger partial charge in [-0.2, -0.15) is 0 Å². The van der Waals surface area contributed by atoms with Crippen LogP contribution in [-0.4, -0.2) is 16.3 Å². The Labute approximate surface area is 73.6 Å². The lowest BCUT2D eigenvalue weighted by Crippen LogP contribution is -2.08. The van der Waals surface area contributed by atoms with Crippen LogP contribution in [0.1, 0.15) is 15.9 Å². The van der Waals surface area contributed by atoms with Gasteiger partial charge in [0.25, 0.3) is 0 Å². The standard InChI is InChI=1S/C8H8FNO3/c9-7-3-5(4-10-13)1-2-6(7)8(11)12/h1-3,10,13H,4H2,(H,11,12). The largest absolute Gasteiger partial charge is 0.478 e. The summed E-state index contributed by atoms with van der Waals surface area (Å²) in [5.74, 6) is -2.11. The second kappa shape index (κ2) is 3.97. The fourth-order valence-electron chi connectivity index (χ4n) is 0.933. The van der Waals surface area contributed by atoms with Crippen molar-refractivity contribution >= 4 is 5.97 Å². The van der Waals surface area contributed by atoms with Gasteiger partial charge < -0.3 is 10.3 Å². The van der Waals surface area contributed by atoms with Crippen molar-refractivity contribution in [2.24, 2.45) is 0 Å². The second-order valence-electron chi connectivity index (χ2n) is 2.45. The first-order valence-electron chi connectivity index (χ1n) is 3.54. The molecule has 1 rings (SSSR count). The topological polar surface area (TPSA) is 69.6 Å². The van der Waals surface area contributed by atoms with E-state index in [0.717, 1.165) is 12.1 Å². The Balaban J connectivity index is 2.98. The fraction of sp³-hybridized carbons (Fsp3) is 0.125. The molecule has 0 atom stereocenters. The molecule has 0 aliphatic heterocycles. The highest BCUT2D eigenvalue weighted by atomic mass is 19.1. The highest BCUT2D eigenvalue weighted by Gasteiger charge is 2.09. The van der Waals surface area contributed by atoms with Gasteiger partial charge >= 0.3 is 5.97 Å². The molecule has 3 N–H and O–H groups in total. The molecule has 1 aromatic carbocycles. The smallest absolute Gasteiger partial charge is 0.338 e. The predicted molar refractivity (Wildman–Crippen MR) is 42.0 cm³/mol. The van der Waals surface area contributed by atoms with Gasteiger partial charge in [0.15, 0.2) is 0 Å². The van der Waals surface area contributed by atoms with Crippen molar-refractivity contribution in [1.82, 2.24) is 5.48 Å². The molecule has 0 bridgehead atoms. The lowest BCUT2D eigenvalue weighted by molar-refractivity contribution is 0.0692. The summed E-state index contributed by atoms with van der Waals surface area (Å²) in [4.78, 5) is 10.4. The van der Waals surface area contributed by atoms with Gasteiger partial charge in [-0.15, -0.1) is 0 Å². The molecular formula is C8H8FNO3. The Kier molecular flexibility index (Phi) is 2.94. The van der Waals surface area contributed by atoms with Gasteiger partial charge in [-0.1, -0.05) is 6.07 Å². The summed E-state index contributed by atoms with van der Waals surface area (Å²) in [5, 5.41) is 16.8. The molecule has 5 heteroatoms. The number of carbonyl (C=O) groups is 1. The van der Waals surface area contributed by atoms with Crippen LogP contribution < -0.4 is 5.48 Å². The van der Waals surface area contributed by atoms with Crippen LogP contribution in [-0.2, 0) is 6.54 Å². The van der Waals surface area contributed by atoms with Crippen molar-refractivity contribution in [2.45, 2.75) is 6.54 Å². The van der Waals surface area contributed by atoms with Crippen LogP contribution in [0.5, 0.6) is 0 Å². The number of halogens is 1. The van der Waals surface area contributed by atoms with E-state index in [0.29, 0.717) is 5.56 Å². The van der Waals surface area contributed by atoms with Crippen molar-refractivity contribution in [3.8, 4) is 0 Å². The minimum Gasteiger partial charge on any atom is -0.478 e. The summed E-state index contributed by atoms with van der Waals surface area (Å²) in [6.07, 6.45) is 0. The molecule has 0 unspecified atom stereocenters. The SMILES string of the molecule is O=C(O)c1ccc(CNO)cc1F. The van der Waals surface area contributed by atoms with E-state index in [4.69, 9.17) is 10.3 Å². The van der Waals surface area contributed by atoms with E-state index in [1.54, 1.807) is 0 Å². The Morgan fingerprint density at radius 3 is 2.69 bits per heavy atom. The molecule has 4 nitrogen and oxygen atoms in total. The molecule has 0 amide bonds. The first kappa shape index (κ1) is 9.63. The third-order valence-electron chi connectivity index (χ3n) is 1.55. The van der Waals surface area contributed by atoms with E-state index in [1.807, 2.05) is 5.48 Å². The van der Waals surface area contributed by atoms with Gasteiger partial charge in [-0.25, -0.2) is 14.7 Å². The number of carboxylic acid groups (broad SMARTS) is 1. The number of benzene rings is 1. The van der Waals surface area contributed by atoms with E-state index in [9.17, 15) is 9.18 Å². The molecule has 0 saturated heterocycles. The van der Waals surface area contributed by atoms with Gasteiger partial charge in [-0.05, 0) is 17.7 Å². The van der Waals surface area contributed by atoms with Gasteiger partial charge in [0, 0.05) is 6.54 Å². The van der Waals surface area contributed by atoms with E-state index >= 15 is 0 Å². The average Bonchev–Trinajstić information content (AvgIpc) is 2.04. The van der Waals surface area contributed by atoms with Crippen LogP contribution in [0.15, 0.2) is 18.2 Å². The van der Waals surface area contributed by atoms with Crippen LogP contribution in [0, 0.1) is 5.82 Å². The van der Waals surface area contributed by atoms with Crippen molar-refractivity contribution in [3.63, 3.8) is 0 Å². The Morgan fingerprint density at radius 1 is 1.54 bits per heavy atom. The molecule has 0 aliphatic carbocycles.